The molecule has 1 aromatic heterocycles. The molecule has 2 aromatic rings. The summed E-state index contributed by atoms with van der Waals surface area (Å²) in [6.07, 6.45) is 7.96. The number of piperidine rings is 1. The van der Waals surface area contributed by atoms with Gasteiger partial charge < -0.3 is 4.57 Å². The highest BCUT2D eigenvalue weighted by molar-refractivity contribution is 5.14. The van der Waals surface area contributed by atoms with Crippen molar-refractivity contribution in [3.8, 4) is 0 Å². The van der Waals surface area contributed by atoms with E-state index >= 15 is 0 Å². The Bertz CT molecular complexity index is 658. The molecule has 0 saturated carbocycles. The van der Waals surface area contributed by atoms with Crippen molar-refractivity contribution in [2.24, 2.45) is 5.92 Å². The smallest absolute Gasteiger partial charge is 0.126 e. The molecule has 0 unspecified atom stereocenters. The highest BCUT2D eigenvalue weighted by Gasteiger charge is 2.35. The minimum absolute atomic E-state index is 0.501. The first-order valence-corrected chi connectivity index (χ1v) is 9.86. The van der Waals surface area contributed by atoms with Gasteiger partial charge in [0.05, 0.1) is 6.04 Å². The number of imidazole rings is 1. The maximum atomic E-state index is 4.77. The molecule has 134 valence electrons. The molecule has 4 heteroatoms. The topological polar surface area (TPSA) is 24.3 Å². The maximum Gasteiger partial charge on any atom is 0.126 e. The van der Waals surface area contributed by atoms with E-state index in [9.17, 15) is 0 Å². The lowest BCUT2D eigenvalue weighted by Crippen LogP contribution is -2.41. The lowest BCUT2D eigenvalue weighted by atomic mass is 9.87. The van der Waals surface area contributed by atoms with Crippen LogP contribution < -0.4 is 0 Å². The van der Waals surface area contributed by atoms with Crippen molar-refractivity contribution < 1.29 is 0 Å². The van der Waals surface area contributed by atoms with Crippen molar-refractivity contribution in [2.75, 3.05) is 26.2 Å². The Hall–Kier alpha value is -1.65. The molecule has 0 N–H and O–H groups in total. The molecule has 4 rings (SSSR count). The molecule has 0 radical (unpaired) electrons. The van der Waals surface area contributed by atoms with Crippen LogP contribution in [0.25, 0.3) is 0 Å². The molecule has 3 heterocycles. The van der Waals surface area contributed by atoms with Crippen LogP contribution in [0.5, 0.6) is 0 Å². The van der Waals surface area contributed by atoms with Gasteiger partial charge in [0, 0.05) is 32.0 Å². The first-order valence-electron chi connectivity index (χ1n) is 9.86. The summed E-state index contributed by atoms with van der Waals surface area (Å²) in [7, 11) is 0. The molecule has 1 fully saturated rings. The van der Waals surface area contributed by atoms with Crippen molar-refractivity contribution in [3.63, 3.8) is 0 Å². The second-order valence-electron chi connectivity index (χ2n) is 7.50. The summed E-state index contributed by atoms with van der Waals surface area (Å²) in [5.41, 5.74) is 1.43. The van der Waals surface area contributed by atoms with Crippen LogP contribution >= 0.6 is 0 Å². The second-order valence-corrected chi connectivity index (χ2v) is 7.50. The Morgan fingerprint density at radius 2 is 1.84 bits per heavy atom. The molecule has 0 bridgehead atoms. The predicted octanol–water partition coefficient (Wildman–Crippen LogP) is 3.56. The van der Waals surface area contributed by atoms with Crippen LogP contribution in [0.3, 0.4) is 0 Å². The molecule has 4 nitrogen and oxygen atoms in total. The highest BCUT2D eigenvalue weighted by atomic mass is 15.2. The van der Waals surface area contributed by atoms with E-state index in [0.29, 0.717) is 6.04 Å². The number of fused-ring (bicyclic) bond motifs is 1. The van der Waals surface area contributed by atoms with E-state index in [1.165, 1.54) is 50.3 Å². The van der Waals surface area contributed by atoms with Crippen LogP contribution in [0.1, 0.15) is 43.6 Å². The zero-order chi connectivity index (χ0) is 17.1. The Morgan fingerprint density at radius 3 is 2.60 bits per heavy atom. The fourth-order valence-corrected chi connectivity index (χ4v) is 4.65. The maximum absolute atomic E-state index is 4.77. The zero-order valence-electron chi connectivity index (χ0n) is 15.3. The number of benzene rings is 1. The summed E-state index contributed by atoms with van der Waals surface area (Å²) in [6.45, 7) is 9.24. The van der Waals surface area contributed by atoms with Gasteiger partial charge in [-0.15, -0.1) is 0 Å². The number of aromatic nitrogens is 2. The Morgan fingerprint density at radius 1 is 1.04 bits per heavy atom. The van der Waals surface area contributed by atoms with Crippen LogP contribution in [-0.4, -0.2) is 45.5 Å². The number of rotatable bonds is 4. The van der Waals surface area contributed by atoms with Gasteiger partial charge in [-0.25, -0.2) is 4.98 Å². The van der Waals surface area contributed by atoms with Gasteiger partial charge in [-0.05, 0) is 50.4 Å². The minimum Gasteiger partial charge on any atom is -0.334 e. The summed E-state index contributed by atoms with van der Waals surface area (Å²) in [4.78, 5) is 10.1. The van der Waals surface area contributed by atoms with Crippen molar-refractivity contribution >= 4 is 0 Å². The zero-order valence-corrected chi connectivity index (χ0v) is 15.3. The van der Waals surface area contributed by atoms with Gasteiger partial charge in [0.25, 0.3) is 0 Å². The molecule has 1 saturated heterocycles. The van der Waals surface area contributed by atoms with Crippen LogP contribution in [0.4, 0.5) is 0 Å². The summed E-state index contributed by atoms with van der Waals surface area (Å²) < 4.78 is 2.40. The van der Waals surface area contributed by atoms with E-state index in [1.54, 1.807) is 0 Å². The molecule has 1 atom stereocenters. The van der Waals surface area contributed by atoms with Gasteiger partial charge in [0.1, 0.15) is 5.82 Å². The van der Waals surface area contributed by atoms with Gasteiger partial charge >= 0.3 is 0 Å². The Labute approximate surface area is 151 Å². The Kier molecular flexibility index (Phi) is 5.18. The molecular weight excluding hydrogens is 308 g/mol. The van der Waals surface area contributed by atoms with Crippen LogP contribution in [0.15, 0.2) is 42.7 Å². The molecular formula is C21H30N4. The number of aryl methyl sites for hydroxylation is 1. The third-order valence-corrected chi connectivity index (χ3v) is 5.98. The first kappa shape index (κ1) is 16.8. The molecule has 25 heavy (non-hydrogen) atoms. The van der Waals surface area contributed by atoms with Gasteiger partial charge in [-0.1, -0.05) is 37.3 Å². The average molecular weight is 338 g/mol. The largest absolute Gasteiger partial charge is 0.334 e. The SMILES string of the molecule is CCN1CCCn2ccnc2[C@@H]1C1CCN(Cc2ccccc2)CC1. The highest BCUT2D eigenvalue weighted by Crippen LogP contribution is 2.36. The van der Waals surface area contributed by atoms with Crippen molar-refractivity contribution in [1.29, 1.82) is 0 Å². The monoisotopic (exact) mass is 338 g/mol. The summed E-state index contributed by atoms with van der Waals surface area (Å²) in [6, 6.07) is 11.4. The van der Waals surface area contributed by atoms with E-state index in [4.69, 9.17) is 4.98 Å². The molecule has 0 spiro atoms. The number of nitrogens with zero attached hydrogens (tertiary/aromatic N) is 4. The lowest BCUT2D eigenvalue weighted by molar-refractivity contribution is 0.0853. The average Bonchev–Trinajstić information content (AvgIpc) is 3.04. The number of likely N-dealkylation sites (tertiary alicyclic amines) is 1. The fourth-order valence-electron chi connectivity index (χ4n) is 4.65. The number of hydrogen-bond donors (Lipinski definition) is 0. The molecule has 1 aromatic carbocycles. The lowest BCUT2D eigenvalue weighted by Gasteiger charge is -2.39. The third kappa shape index (κ3) is 3.65. The quantitative estimate of drug-likeness (QED) is 0.852. The van der Waals surface area contributed by atoms with Gasteiger partial charge in [-0.3, -0.25) is 9.80 Å². The first-order chi connectivity index (χ1) is 12.3. The van der Waals surface area contributed by atoms with Crippen LogP contribution in [-0.2, 0) is 13.1 Å². The summed E-state index contributed by atoms with van der Waals surface area (Å²) >= 11 is 0. The van der Waals surface area contributed by atoms with Gasteiger partial charge in [0.2, 0.25) is 0 Å². The Balaban J connectivity index is 1.44. The van der Waals surface area contributed by atoms with Crippen LogP contribution in [0, 0.1) is 5.92 Å². The minimum atomic E-state index is 0.501. The molecule has 2 aliphatic rings. The fraction of sp³-hybridized carbons (Fsp3) is 0.571. The number of hydrogen-bond acceptors (Lipinski definition) is 3. The normalized spacial score (nSPS) is 23.3. The molecule has 0 aliphatic carbocycles. The van der Waals surface area contributed by atoms with E-state index in [0.717, 1.165) is 25.6 Å². The molecule has 2 aliphatic heterocycles. The second kappa shape index (κ2) is 7.71. The van der Waals surface area contributed by atoms with Gasteiger partial charge in [-0.2, -0.15) is 0 Å². The van der Waals surface area contributed by atoms with E-state index in [-0.39, 0.29) is 0 Å². The van der Waals surface area contributed by atoms with E-state index < -0.39 is 0 Å². The standard InChI is InChI=1S/C21H30N4/c1-2-24-12-6-13-25-16-11-22-21(25)20(24)19-9-14-23(15-10-19)17-18-7-4-3-5-8-18/h3-5,7-8,11,16,19-20H,2,6,9-10,12-15,17H2,1H3/t20-/m0/s1. The predicted molar refractivity (Wildman–Crippen MR) is 101 cm³/mol. The molecule has 0 amide bonds. The van der Waals surface area contributed by atoms with Crippen molar-refractivity contribution in [1.82, 2.24) is 19.4 Å². The summed E-state index contributed by atoms with van der Waals surface area (Å²) in [5, 5.41) is 0. The third-order valence-electron chi connectivity index (χ3n) is 5.98. The van der Waals surface area contributed by atoms with Crippen molar-refractivity contribution in [2.45, 2.75) is 45.3 Å². The summed E-state index contributed by atoms with van der Waals surface area (Å²) in [5.74, 6) is 2.03. The van der Waals surface area contributed by atoms with E-state index in [2.05, 4.69) is 57.8 Å². The van der Waals surface area contributed by atoms with E-state index in [1.807, 2.05) is 6.20 Å². The van der Waals surface area contributed by atoms with Crippen molar-refractivity contribution in [3.05, 3.63) is 54.1 Å². The van der Waals surface area contributed by atoms with Gasteiger partial charge in [0.15, 0.2) is 0 Å². The van der Waals surface area contributed by atoms with Crippen LogP contribution in [0.2, 0.25) is 0 Å².